The van der Waals surface area contributed by atoms with E-state index in [4.69, 9.17) is 5.11 Å². The predicted molar refractivity (Wildman–Crippen MR) is 121 cm³/mol. The Balaban J connectivity index is 1.66. The Morgan fingerprint density at radius 2 is 1.75 bits per heavy atom. The summed E-state index contributed by atoms with van der Waals surface area (Å²) in [6.07, 6.45) is 3.33. The maximum Gasteiger partial charge on any atom is 0.208 e. The van der Waals surface area contributed by atoms with Crippen LogP contribution in [0.15, 0.2) is 82.8 Å². The van der Waals surface area contributed by atoms with Crippen LogP contribution in [-0.4, -0.2) is 46.8 Å². The number of nitrogens with one attached hydrogen (secondary N) is 3. The van der Waals surface area contributed by atoms with E-state index in [1.165, 1.54) is 30.6 Å². The number of aliphatic hydroxyl groups is 1. The lowest BCUT2D eigenvalue weighted by molar-refractivity contribution is 0.292. The smallest absolute Gasteiger partial charge is 0.208 e. The van der Waals surface area contributed by atoms with Crippen LogP contribution in [-0.2, 0) is 9.84 Å². The summed E-state index contributed by atoms with van der Waals surface area (Å²) in [6.45, 7) is 0.460. The normalized spacial score (nSPS) is 11.3. The van der Waals surface area contributed by atoms with E-state index in [2.05, 4.69) is 30.8 Å². The van der Waals surface area contributed by atoms with Gasteiger partial charge in [0.1, 0.15) is 11.6 Å². The maximum atomic E-state index is 13.1. The topological polar surface area (TPSA) is 133 Å². The molecule has 9 nitrogen and oxygen atoms in total. The molecule has 3 heterocycles. The van der Waals surface area contributed by atoms with Gasteiger partial charge in [-0.25, -0.2) is 13.4 Å². The number of aliphatic hydroxyl groups excluding tert-OH is 1. The molecule has 0 aliphatic carbocycles. The second-order valence-corrected chi connectivity index (χ2v) is 8.88. The van der Waals surface area contributed by atoms with Crippen molar-refractivity contribution in [2.24, 2.45) is 0 Å². The van der Waals surface area contributed by atoms with E-state index in [0.717, 1.165) is 11.3 Å². The Kier molecular flexibility index (Phi) is 6.43. The molecule has 32 heavy (non-hydrogen) atoms. The summed E-state index contributed by atoms with van der Waals surface area (Å²) >= 11 is 0. The molecule has 0 saturated carbocycles. The minimum Gasteiger partial charge on any atom is -0.396 e. The lowest BCUT2D eigenvalue weighted by Gasteiger charge is -2.11. The molecular formula is C22H22N6O3S. The van der Waals surface area contributed by atoms with Crippen LogP contribution in [0.5, 0.6) is 0 Å². The first kappa shape index (κ1) is 21.5. The third-order valence-corrected chi connectivity index (χ3v) is 6.33. The molecule has 4 N–H and O–H groups in total. The van der Waals surface area contributed by atoms with Gasteiger partial charge in [0, 0.05) is 37.7 Å². The monoisotopic (exact) mass is 450 g/mol. The minimum absolute atomic E-state index is 0.0152. The highest BCUT2D eigenvalue weighted by Gasteiger charge is 2.20. The van der Waals surface area contributed by atoms with E-state index in [1.807, 2.05) is 36.4 Å². The number of nitrogens with zero attached hydrogens (tertiary/aromatic N) is 3. The molecule has 1 aromatic carbocycles. The van der Waals surface area contributed by atoms with Crippen LogP contribution in [0.25, 0.3) is 11.3 Å². The van der Waals surface area contributed by atoms with E-state index in [0.29, 0.717) is 30.4 Å². The molecule has 0 aliphatic rings. The molecule has 4 aromatic rings. The Bertz CT molecular complexity index is 1280. The predicted octanol–water partition coefficient (Wildman–Crippen LogP) is 3.24. The third-order valence-electron chi connectivity index (χ3n) is 4.61. The summed E-state index contributed by atoms with van der Waals surface area (Å²) in [5, 5.41) is 22.4. The van der Waals surface area contributed by atoms with Gasteiger partial charge in [0.05, 0.1) is 15.5 Å². The summed E-state index contributed by atoms with van der Waals surface area (Å²) < 4.78 is 26.2. The van der Waals surface area contributed by atoms with Crippen LogP contribution < -0.4 is 10.6 Å². The van der Waals surface area contributed by atoms with E-state index >= 15 is 0 Å². The Morgan fingerprint density at radius 1 is 0.938 bits per heavy atom. The van der Waals surface area contributed by atoms with E-state index in [9.17, 15) is 8.42 Å². The number of benzene rings is 1. The second-order valence-electron chi connectivity index (χ2n) is 6.93. The van der Waals surface area contributed by atoms with Crippen molar-refractivity contribution in [3.8, 4) is 11.3 Å². The first-order valence-electron chi connectivity index (χ1n) is 9.96. The largest absolute Gasteiger partial charge is 0.396 e. The van der Waals surface area contributed by atoms with Gasteiger partial charge in [0.2, 0.25) is 9.84 Å². The van der Waals surface area contributed by atoms with Gasteiger partial charge in [0.15, 0.2) is 5.82 Å². The Labute approximate surface area is 185 Å². The van der Waals surface area contributed by atoms with E-state index in [1.54, 1.807) is 6.07 Å². The quantitative estimate of drug-likeness (QED) is 0.286. The molecular weight excluding hydrogens is 428 g/mol. The van der Waals surface area contributed by atoms with Crippen LogP contribution in [0.4, 0.5) is 17.5 Å². The fourth-order valence-corrected chi connectivity index (χ4v) is 4.30. The number of aromatic nitrogens is 4. The van der Waals surface area contributed by atoms with Crippen LogP contribution >= 0.6 is 0 Å². The molecule has 4 rings (SSSR count). The SMILES string of the molecule is O=S(=O)(c1cccnc1)c1cc(NCCCO)nc(Nc2cc(-c3ccccc3)[nH]n2)c1. The first-order chi connectivity index (χ1) is 15.6. The lowest BCUT2D eigenvalue weighted by atomic mass is 10.2. The molecule has 0 fully saturated rings. The van der Waals surface area contributed by atoms with Crippen molar-refractivity contribution in [3.05, 3.63) is 73.1 Å². The van der Waals surface area contributed by atoms with Gasteiger partial charge in [-0.3, -0.25) is 10.1 Å². The average Bonchev–Trinajstić information content (AvgIpc) is 3.29. The number of rotatable bonds is 9. The van der Waals surface area contributed by atoms with Gasteiger partial charge in [-0.2, -0.15) is 5.10 Å². The lowest BCUT2D eigenvalue weighted by Crippen LogP contribution is -2.09. The second kappa shape index (κ2) is 9.58. The summed E-state index contributed by atoms with van der Waals surface area (Å²) in [4.78, 5) is 8.52. The van der Waals surface area contributed by atoms with E-state index in [-0.39, 0.29) is 16.4 Å². The standard InChI is InChI=1S/C22H22N6O3S/c29-11-5-10-24-20-12-18(32(30,31)17-8-4-9-23-15-17)13-21(25-20)26-22-14-19(27-28-22)16-6-2-1-3-7-16/h1-4,6-9,12-15,29H,5,10-11H2,(H3,24,25,26,27,28). The molecule has 0 unspecified atom stereocenters. The zero-order valence-electron chi connectivity index (χ0n) is 17.1. The highest BCUT2D eigenvalue weighted by atomic mass is 32.2. The van der Waals surface area contributed by atoms with Gasteiger partial charge in [-0.1, -0.05) is 30.3 Å². The third kappa shape index (κ3) is 4.93. The van der Waals surface area contributed by atoms with Crippen molar-refractivity contribution < 1.29 is 13.5 Å². The average molecular weight is 451 g/mol. The highest BCUT2D eigenvalue weighted by Crippen LogP contribution is 2.27. The fourth-order valence-electron chi connectivity index (χ4n) is 3.04. The minimum atomic E-state index is -3.80. The van der Waals surface area contributed by atoms with Crippen LogP contribution in [0.2, 0.25) is 0 Å². The molecule has 10 heteroatoms. The van der Waals surface area contributed by atoms with Crippen LogP contribution in [0.1, 0.15) is 6.42 Å². The molecule has 0 amide bonds. The van der Waals surface area contributed by atoms with Crippen LogP contribution in [0.3, 0.4) is 0 Å². The molecule has 0 spiro atoms. The number of sulfone groups is 1. The zero-order chi connectivity index (χ0) is 22.4. The fraction of sp³-hybridized carbons (Fsp3) is 0.136. The molecule has 0 bridgehead atoms. The summed E-state index contributed by atoms with van der Waals surface area (Å²) in [6, 6.07) is 17.5. The molecule has 0 atom stereocenters. The molecule has 3 aromatic heterocycles. The maximum absolute atomic E-state index is 13.1. The summed E-state index contributed by atoms with van der Waals surface area (Å²) in [5.74, 6) is 1.17. The summed E-state index contributed by atoms with van der Waals surface area (Å²) in [7, 11) is -3.80. The number of H-pyrrole nitrogens is 1. The first-order valence-corrected chi connectivity index (χ1v) is 11.4. The van der Waals surface area contributed by atoms with Crippen molar-refractivity contribution >= 4 is 27.3 Å². The molecule has 164 valence electrons. The Morgan fingerprint density at radius 3 is 2.50 bits per heavy atom. The van der Waals surface area contributed by atoms with Crippen molar-refractivity contribution in [3.63, 3.8) is 0 Å². The summed E-state index contributed by atoms with van der Waals surface area (Å²) in [5.41, 5.74) is 1.79. The van der Waals surface area contributed by atoms with Crippen molar-refractivity contribution in [1.29, 1.82) is 0 Å². The van der Waals surface area contributed by atoms with Gasteiger partial charge in [-0.05, 0) is 30.2 Å². The van der Waals surface area contributed by atoms with Crippen molar-refractivity contribution in [2.45, 2.75) is 16.2 Å². The van der Waals surface area contributed by atoms with E-state index < -0.39 is 9.84 Å². The van der Waals surface area contributed by atoms with Gasteiger partial charge >= 0.3 is 0 Å². The molecule has 0 radical (unpaired) electrons. The number of anilines is 3. The zero-order valence-corrected chi connectivity index (χ0v) is 17.9. The number of aromatic amines is 1. The van der Waals surface area contributed by atoms with Gasteiger partial charge in [0.25, 0.3) is 0 Å². The van der Waals surface area contributed by atoms with Crippen molar-refractivity contribution in [2.75, 3.05) is 23.8 Å². The molecule has 0 aliphatic heterocycles. The number of hydrogen-bond donors (Lipinski definition) is 4. The highest BCUT2D eigenvalue weighted by molar-refractivity contribution is 7.91. The van der Waals surface area contributed by atoms with Crippen LogP contribution in [0, 0.1) is 0 Å². The molecule has 0 saturated heterocycles. The number of hydrogen-bond acceptors (Lipinski definition) is 8. The number of pyridine rings is 2. The van der Waals surface area contributed by atoms with Gasteiger partial charge < -0.3 is 15.7 Å². The van der Waals surface area contributed by atoms with Crippen molar-refractivity contribution in [1.82, 2.24) is 20.2 Å². The van der Waals surface area contributed by atoms with Gasteiger partial charge in [-0.15, -0.1) is 0 Å². The Hall–Kier alpha value is -3.76.